The van der Waals surface area contributed by atoms with Crippen LogP contribution in [0.25, 0.3) is 0 Å². The van der Waals surface area contributed by atoms with Crippen LogP contribution in [0.5, 0.6) is 34.5 Å². The number of hydrogen-bond acceptors (Lipinski definition) is 7. The average molecular weight is 405 g/mol. The van der Waals surface area contributed by atoms with E-state index < -0.39 is 0 Å². The molecule has 0 fully saturated rings. The first-order chi connectivity index (χ1) is 14.1. The molecule has 0 spiro atoms. The predicted molar refractivity (Wildman–Crippen MR) is 112 cm³/mol. The van der Waals surface area contributed by atoms with E-state index in [9.17, 15) is 0 Å². The summed E-state index contributed by atoms with van der Waals surface area (Å²) >= 11 is 0. The monoisotopic (exact) mass is 405 g/mol. The number of benzene rings is 2. The van der Waals surface area contributed by atoms with Crippen LogP contribution in [0, 0.1) is 0 Å². The van der Waals surface area contributed by atoms with Gasteiger partial charge in [0.2, 0.25) is 11.5 Å². The van der Waals surface area contributed by atoms with E-state index in [2.05, 4.69) is 5.32 Å². The van der Waals surface area contributed by atoms with Gasteiger partial charge in [0.1, 0.15) is 0 Å². The van der Waals surface area contributed by atoms with Gasteiger partial charge in [0.15, 0.2) is 23.0 Å². The van der Waals surface area contributed by atoms with E-state index in [0.29, 0.717) is 34.5 Å². The molecule has 0 saturated carbocycles. The summed E-state index contributed by atoms with van der Waals surface area (Å²) < 4.78 is 32.4. The highest BCUT2D eigenvalue weighted by Crippen LogP contribution is 2.39. The lowest BCUT2D eigenvalue weighted by Gasteiger charge is -2.15. The van der Waals surface area contributed by atoms with Crippen molar-refractivity contribution in [2.45, 2.75) is 12.8 Å². The molecule has 0 aromatic heterocycles. The van der Waals surface area contributed by atoms with Crippen molar-refractivity contribution in [1.29, 1.82) is 0 Å². The van der Waals surface area contributed by atoms with Gasteiger partial charge in [-0.1, -0.05) is 0 Å². The van der Waals surface area contributed by atoms with E-state index in [1.54, 1.807) is 42.7 Å². The van der Waals surface area contributed by atoms with Crippen LogP contribution in [0.15, 0.2) is 24.3 Å². The SMILES string of the molecule is COc1cc(CCNCCc2cc(OC)c(OC)c(OC)c2)cc(OC)c1OC. The molecule has 2 aromatic rings. The summed E-state index contributed by atoms with van der Waals surface area (Å²) in [5.74, 6) is 3.88. The molecule has 0 unspecified atom stereocenters. The summed E-state index contributed by atoms with van der Waals surface area (Å²) in [5, 5.41) is 3.46. The van der Waals surface area contributed by atoms with E-state index in [1.807, 2.05) is 24.3 Å². The molecule has 0 bridgehead atoms. The van der Waals surface area contributed by atoms with Crippen LogP contribution in [0.1, 0.15) is 11.1 Å². The van der Waals surface area contributed by atoms with Crippen molar-refractivity contribution in [3.8, 4) is 34.5 Å². The first kappa shape index (κ1) is 22.5. The molecule has 0 aliphatic heterocycles. The maximum absolute atomic E-state index is 5.41. The van der Waals surface area contributed by atoms with Gasteiger partial charge in [-0.3, -0.25) is 0 Å². The summed E-state index contributed by atoms with van der Waals surface area (Å²) in [7, 11) is 9.69. The van der Waals surface area contributed by atoms with Gasteiger partial charge in [0.05, 0.1) is 42.7 Å². The van der Waals surface area contributed by atoms with Gasteiger partial charge in [-0.2, -0.15) is 0 Å². The Hall–Kier alpha value is -2.80. The van der Waals surface area contributed by atoms with Crippen LogP contribution in [0.4, 0.5) is 0 Å². The van der Waals surface area contributed by atoms with E-state index in [4.69, 9.17) is 28.4 Å². The van der Waals surface area contributed by atoms with Gasteiger partial charge in [-0.15, -0.1) is 0 Å². The largest absolute Gasteiger partial charge is 0.493 e. The maximum Gasteiger partial charge on any atom is 0.203 e. The van der Waals surface area contributed by atoms with Crippen molar-refractivity contribution >= 4 is 0 Å². The maximum atomic E-state index is 5.41. The number of ether oxygens (including phenoxy) is 6. The second-order valence-electron chi connectivity index (χ2n) is 6.32. The number of nitrogens with one attached hydrogen (secondary N) is 1. The number of rotatable bonds is 12. The zero-order valence-electron chi connectivity index (χ0n) is 18.1. The molecule has 7 heteroatoms. The number of hydrogen-bond donors (Lipinski definition) is 1. The van der Waals surface area contributed by atoms with Crippen LogP contribution in [0.2, 0.25) is 0 Å². The molecule has 0 aliphatic carbocycles. The molecule has 2 rings (SSSR count). The van der Waals surface area contributed by atoms with Crippen LogP contribution in [0.3, 0.4) is 0 Å². The average Bonchev–Trinajstić information content (AvgIpc) is 2.76. The summed E-state index contributed by atoms with van der Waals surface area (Å²) in [6, 6.07) is 7.90. The quantitative estimate of drug-likeness (QED) is 0.544. The molecule has 0 heterocycles. The fourth-order valence-corrected chi connectivity index (χ4v) is 3.15. The van der Waals surface area contributed by atoms with E-state index in [-0.39, 0.29) is 0 Å². The van der Waals surface area contributed by atoms with Crippen molar-refractivity contribution in [2.75, 3.05) is 55.7 Å². The van der Waals surface area contributed by atoms with Gasteiger partial charge < -0.3 is 33.7 Å². The van der Waals surface area contributed by atoms with Gasteiger partial charge >= 0.3 is 0 Å². The topological polar surface area (TPSA) is 67.4 Å². The van der Waals surface area contributed by atoms with E-state index >= 15 is 0 Å². The Morgan fingerprint density at radius 2 is 0.828 bits per heavy atom. The van der Waals surface area contributed by atoms with Crippen LogP contribution in [-0.2, 0) is 12.8 Å². The first-order valence-corrected chi connectivity index (χ1v) is 9.40. The third-order valence-electron chi connectivity index (χ3n) is 4.63. The highest BCUT2D eigenvalue weighted by Gasteiger charge is 2.14. The highest BCUT2D eigenvalue weighted by atomic mass is 16.5. The normalized spacial score (nSPS) is 10.4. The molecule has 2 aromatic carbocycles. The molecule has 0 atom stereocenters. The molecular weight excluding hydrogens is 374 g/mol. The summed E-state index contributed by atoms with van der Waals surface area (Å²) in [6.45, 7) is 1.64. The van der Waals surface area contributed by atoms with E-state index in [0.717, 1.165) is 37.1 Å². The third-order valence-corrected chi connectivity index (χ3v) is 4.63. The van der Waals surface area contributed by atoms with Crippen LogP contribution in [-0.4, -0.2) is 55.7 Å². The third kappa shape index (κ3) is 5.60. The molecule has 29 heavy (non-hydrogen) atoms. The zero-order valence-corrected chi connectivity index (χ0v) is 18.1. The fourth-order valence-electron chi connectivity index (χ4n) is 3.15. The molecule has 0 amide bonds. The van der Waals surface area contributed by atoms with Gasteiger partial charge in [-0.05, 0) is 61.3 Å². The molecule has 0 radical (unpaired) electrons. The first-order valence-electron chi connectivity index (χ1n) is 9.40. The lowest BCUT2D eigenvalue weighted by molar-refractivity contribution is 0.323. The lowest BCUT2D eigenvalue weighted by atomic mass is 10.1. The Morgan fingerprint density at radius 3 is 1.07 bits per heavy atom. The highest BCUT2D eigenvalue weighted by molar-refractivity contribution is 5.54. The van der Waals surface area contributed by atoms with Crippen LogP contribution < -0.4 is 33.7 Å². The zero-order chi connectivity index (χ0) is 21.2. The molecule has 160 valence electrons. The molecule has 7 nitrogen and oxygen atoms in total. The summed E-state index contributed by atoms with van der Waals surface area (Å²) in [5.41, 5.74) is 2.22. The predicted octanol–water partition coefficient (Wildman–Crippen LogP) is 3.11. The minimum Gasteiger partial charge on any atom is -0.493 e. The van der Waals surface area contributed by atoms with Crippen molar-refractivity contribution in [1.82, 2.24) is 5.32 Å². The van der Waals surface area contributed by atoms with E-state index in [1.165, 1.54) is 0 Å². The van der Waals surface area contributed by atoms with Crippen molar-refractivity contribution in [3.63, 3.8) is 0 Å². The second kappa shape index (κ2) is 11.3. The summed E-state index contributed by atoms with van der Waals surface area (Å²) in [4.78, 5) is 0. The van der Waals surface area contributed by atoms with Gasteiger partial charge in [-0.25, -0.2) is 0 Å². The molecular formula is C22H31NO6. The van der Waals surface area contributed by atoms with Gasteiger partial charge in [0.25, 0.3) is 0 Å². The molecule has 0 saturated heterocycles. The minimum absolute atomic E-state index is 0.606. The summed E-state index contributed by atoms with van der Waals surface area (Å²) in [6.07, 6.45) is 1.68. The Bertz CT molecular complexity index is 677. The van der Waals surface area contributed by atoms with Crippen molar-refractivity contribution < 1.29 is 28.4 Å². The Balaban J connectivity index is 1.93. The minimum atomic E-state index is 0.606. The second-order valence-corrected chi connectivity index (χ2v) is 6.32. The lowest BCUT2D eigenvalue weighted by Crippen LogP contribution is -2.20. The Kier molecular flexibility index (Phi) is 8.73. The smallest absolute Gasteiger partial charge is 0.203 e. The standard InChI is InChI=1S/C22H31NO6/c1-24-17-11-15(12-18(25-2)21(17)28-5)7-9-23-10-8-16-13-19(26-3)22(29-6)20(14-16)27-4/h11-14,23H,7-10H2,1-6H3. The van der Waals surface area contributed by atoms with Crippen molar-refractivity contribution in [2.24, 2.45) is 0 Å². The number of methoxy groups -OCH3 is 6. The Labute approximate surface area is 172 Å². The molecule has 1 N–H and O–H groups in total. The Morgan fingerprint density at radius 1 is 0.517 bits per heavy atom. The fraction of sp³-hybridized carbons (Fsp3) is 0.455. The molecule has 0 aliphatic rings. The van der Waals surface area contributed by atoms with Crippen molar-refractivity contribution in [3.05, 3.63) is 35.4 Å². The van der Waals surface area contributed by atoms with Crippen LogP contribution >= 0.6 is 0 Å². The van der Waals surface area contributed by atoms with Gasteiger partial charge in [0, 0.05) is 0 Å².